The van der Waals surface area contributed by atoms with Crippen molar-refractivity contribution in [3.63, 3.8) is 0 Å². The number of ether oxygens (including phenoxy) is 1. The van der Waals surface area contributed by atoms with E-state index in [4.69, 9.17) is 4.74 Å². The van der Waals surface area contributed by atoms with Crippen LogP contribution < -0.4 is 0 Å². The molecule has 3 heteroatoms. The van der Waals surface area contributed by atoms with Crippen molar-refractivity contribution in [2.24, 2.45) is 4.99 Å². The number of nitrogens with zero attached hydrogens (tertiary/aromatic N) is 1. The maximum atomic E-state index is 11.3. The summed E-state index contributed by atoms with van der Waals surface area (Å²) >= 11 is 0. The summed E-state index contributed by atoms with van der Waals surface area (Å²) in [7, 11) is 0. The summed E-state index contributed by atoms with van der Waals surface area (Å²) in [5.41, 5.74) is -0.444. The van der Waals surface area contributed by atoms with E-state index >= 15 is 0 Å². The van der Waals surface area contributed by atoms with Gasteiger partial charge in [0.25, 0.3) is 0 Å². The molecule has 0 bridgehead atoms. The summed E-state index contributed by atoms with van der Waals surface area (Å²) in [6.45, 7) is 5.53. The minimum atomic E-state index is -0.444. The predicted octanol–water partition coefficient (Wildman–Crippen LogP) is 2.89. The lowest BCUT2D eigenvalue weighted by Crippen LogP contribution is -2.22. The van der Waals surface area contributed by atoms with Gasteiger partial charge in [-0.05, 0) is 39.5 Å². The van der Waals surface area contributed by atoms with Gasteiger partial charge in [-0.3, -0.25) is 0 Å². The first-order valence-electron chi connectivity index (χ1n) is 5.99. The molecule has 1 rings (SSSR count). The quantitative estimate of drug-likeness (QED) is 0.410. The van der Waals surface area contributed by atoms with E-state index in [0.29, 0.717) is 6.04 Å². The summed E-state index contributed by atoms with van der Waals surface area (Å²) in [6.07, 6.45) is 7.32. The van der Waals surface area contributed by atoms with Gasteiger partial charge in [0, 0.05) is 0 Å². The van der Waals surface area contributed by atoms with Crippen molar-refractivity contribution in [2.75, 3.05) is 0 Å². The molecule has 1 aliphatic carbocycles. The van der Waals surface area contributed by atoms with Crippen LogP contribution >= 0.6 is 0 Å². The molecule has 0 N–H and O–H groups in total. The van der Waals surface area contributed by atoms with Crippen LogP contribution in [0.5, 0.6) is 0 Å². The number of rotatable bonds is 2. The Hall–Kier alpha value is -1.08. The lowest BCUT2D eigenvalue weighted by Gasteiger charge is -2.17. The minimum absolute atomic E-state index is 0.354. The van der Waals surface area contributed by atoms with Gasteiger partial charge in [-0.2, -0.15) is 0 Å². The van der Waals surface area contributed by atoms with Gasteiger partial charge in [0.15, 0.2) is 0 Å². The van der Waals surface area contributed by atoms with Crippen LogP contribution in [0, 0.1) is 0 Å². The summed E-state index contributed by atoms with van der Waals surface area (Å²) in [4.78, 5) is 15.5. The van der Waals surface area contributed by atoms with Crippen LogP contribution in [0.1, 0.15) is 52.9 Å². The highest BCUT2D eigenvalue weighted by Crippen LogP contribution is 2.19. The first kappa shape index (κ1) is 13.0. The van der Waals surface area contributed by atoms with Gasteiger partial charge in [0.1, 0.15) is 5.60 Å². The number of hydrogen-bond acceptors (Lipinski definition) is 3. The molecule has 0 amide bonds. The molecule has 0 aliphatic heterocycles. The molecule has 1 fully saturated rings. The summed E-state index contributed by atoms with van der Waals surface area (Å²) in [5, 5.41) is 0. The Labute approximate surface area is 97.6 Å². The van der Waals surface area contributed by atoms with Gasteiger partial charge in [-0.15, -0.1) is 0 Å². The van der Waals surface area contributed by atoms with E-state index < -0.39 is 5.60 Å². The Kier molecular flexibility index (Phi) is 4.75. The van der Waals surface area contributed by atoms with Crippen LogP contribution in [-0.2, 0) is 9.53 Å². The molecule has 1 saturated carbocycles. The summed E-state index contributed by atoms with van der Waals surface area (Å²) < 4.78 is 5.11. The average Bonchev–Trinajstić information content (AvgIpc) is 2.16. The van der Waals surface area contributed by atoms with Crippen molar-refractivity contribution >= 4 is 11.8 Å². The molecule has 1 aliphatic rings. The second kappa shape index (κ2) is 5.86. The molecule has 0 heterocycles. The zero-order chi connectivity index (χ0) is 12.0. The zero-order valence-electron chi connectivity index (χ0n) is 10.5. The smallest absolute Gasteiger partial charge is 0.340 e. The summed E-state index contributed by atoms with van der Waals surface area (Å²) in [6, 6.07) is 0.354. The average molecular weight is 223 g/mol. The molecule has 0 aromatic heterocycles. The monoisotopic (exact) mass is 223 g/mol. The van der Waals surface area contributed by atoms with Crippen LogP contribution in [-0.4, -0.2) is 23.5 Å². The van der Waals surface area contributed by atoms with Crippen molar-refractivity contribution < 1.29 is 9.53 Å². The van der Waals surface area contributed by atoms with Crippen molar-refractivity contribution in [1.82, 2.24) is 0 Å². The molecule has 0 aromatic rings. The number of hydrogen-bond donors (Lipinski definition) is 0. The highest BCUT2D eigenvalue weighted by atomic mass is 16.6. The molecule has 0 atom stereocenters. The van der Waals surface area contributed by atoms with E-state index in [9.17, 15) is 4.79 Å². The van der Waals surface area contributed by atoms with E-state index in [0.717, 1.165) is 12.8 Å². The van der Waals surface area contributed by atoms with Crippen LogP contribution in [0.2, 0.25) is 0 Å². The highest BCUT2D eigenvalue weighted by Gasteiger charge is 2.14. The molecule has 16 heavy (non-hydrogen) atoms. The molecule has 3 nitrogen and oxygen atoms in total. The first-order chi connectivity index (χ1) is 7.47. The van der Waals surface area contributed by atoms with Crippen molar-refractivity contribution in [3.05, 3.63) is 6.08 Å². The van der Waals surface area contributed by atoms with Crippen molar-refractivity contribution in [1.29, 1.82) is 0 Å². The largest absolute Gasteiger partial charge is 0.456 e. The topological polar surface area (TPSA) is 38.7 Å². The van der Waals surface area contributed by atoms with E-state index in [1.54, 1.807) is 0 Å². The molecule has 0 aromatic carbocycles. The minimum Gasteiger partial charge on any atom is -0.456 e. The molecule has 90 valence electrons. The molecule has 0 unspecified atom stereocenters. The second-order valence-corrected chi connectivity index (χ2v) is 5.23. The van der Waals surface area contributed by atoms with Gasteiger partial charge in [0.2, 0.25) is 0 Å². The van der Waals surface area contributed by atoms with Gasteiger partial charge in [-0.1, -0.05) is 19.3 Å². The van der Waals surface area contributed by atoms with E-state index in [1.807, 2.05) is 20.8 Å². The number of carbonyl (C=O) groups is 1. The van der Waals surface area contributed by atoms with E-state index in [-0.39, 0.29) is 5.97 Å². The van der Waals surface area contributed by atoms with Crippen molar-refractivity contribution in [2.45, 2.75) is 64.5 Å². The molecular formula is C13H21NO2. The lowest BCUT2D eigenvalue weighted by molar-refractivity contribution is -0.148. The molecular weight excluding hydrogens is 202 g/mol. The van der Waals surface area contributed by atoms with Gasteiger partial charge >= 0.3 is 5.97 Å². The van der Waals surface area contributed by atoms with Gasteiger partial charge in [-0.25, -0.2) is 9.79 Å². The number of esters is 1. The number of aliphatic imine (C=N–C) groups is 1. The Morgan fingerprint density at radius 1 is 1.31 bits per heavy atom. The Morgan fingerprint density at radius 3 is 2.50 bits per heavy atom. The SMILES string of the molecule is CC(C)(C)OC(=O)C=C=NC1CCCCC1. The summed E-state index contributed by atoms with van der Waals surface area (Å²) in [5.74, 6) is 2.33. The fourth-order valence-electron chi connectivity index (χ4n) is 1.74. The molecule has 0 spiro atoms. The third-order valence-corrected chi connectivity index (χ3v) is 2.42. The third kappa shape index (κ3) is 5.72. The fraction of sp³-hybridized carbons (Fsp3) is 0.769. The molecule has 0 radical (unpaired) electrons. The number of carbonyl (C=O) groups excluding carboxylic acids is 1. The Balaban J connectivity index is 2.39. The second-order valence-electron chi connectivity index (χ2n) is 5.23. The fourth-order valence-corrected chi connectivity index (χ4v) is 1.74. The lowest BCUT2D eigenvalue weighted by atomic mass is 9.96. The van der Waals surface area contributed by atoms with Crippen LogP contribution in [0.15, 0.2) is 11.1 Å². The predicted molar refractivity (Wildman–Crippen MR) is 64.7 cm³/mol. The maximum absolute atomic E-state index is 11.3. The standard InChI is InChI=1S/C13H21NO2/c1-13(2,3)16-12(15)9-10-14-11-7-5-4-6-8-11/h9,11H,4-8H2,1-3H3. The van der Waals surface area contributed by atoms with E-state index in [1.165, 1.54) is 25.3 Å². The van der Waals surface area contributed by atoms with Crippen molar-refractivity contribution in [3.8, 4) is 0 Å². The Bertz CT molecular complexity index is 290. The molecule has 0 saturated heterocycles. The van der Waals surface area contributed by atoms with Crippen LogP contribution in [0.25, 0.3) is 0 Å². The van der Waals surface area contributed by atoms with E-state index in [2.05, 4.69) is 10.9 Å². The zero-order valence-corrected chi connectivity index (χ0v) is 10.5. The normalized spacial score (nSPS) is 17.4. The first-order valence-corrected chi connectivity index (χ1v) is 5.99. The maximum Gasteiger partial charge on any atom is 0.340 e. The third-order valence-electron chi connectivity index (χ3n) is 2.42. The van der Waals surface area contributed by atoms with Crippen LogP contribution in [0.3, 0.4) is 0 Å². The van der Waals surface area contributed by atoms with Gasteiger partial charge in [0.05, 0.1) is 12.1 Å². The highest BCUT2D eigenvalue weighted by molar-refractivity contribution is 5.91. The van der Waals surface area contributed by atoms with Crippen LogP contribution in [0.4, 0.5) is 0 Å². The Morgan fingerprint density at radius 2 is 1.94 bits per heavy atom. The van der Waals surface area contributed by atoms with Gasteiger partial charge < -0.3 is 4.74 Å².